The molecule has 17 heavy (non-hydrogen) atoms. The molecule has 0 fully saturated rings. The normalized spacial score (nSPS) is 12.6. The van der Waals surface area contributed by atoms with E-state index in [0.29, 0.717) is 0 Å². The third-order valence-corrected chi connectivity index (χ3v) is 3.54. The highest BCUT2D eigenvalue weighted by atomic mass is 35.5. The lowest BCUT2D eigenvalue weighted by Crippen LogP contribution is -2.38. The summed E-state index contributed by atoms with van der Waals surface area (Å²) in [4.78, 5) is 10.6. The lowest BCUT2D eigenvalue weighted by atomic mass is 10.2. The number of halogens is 1. The number of rotatable bonds is 4. The van der Waals surface area contributed by atoms with Crippen LogP contribution in [0.3, 0.4) is 0 Å². The first-order valence-electron chi connectivity index (χ1n) is 4.65. The summed E-state index contributed by atoms with van der Waals surface area (Å²) in [5.41, 5.74) is 0.797. The molecular formula is C10H14ClNO4S. The molecule has 0 amide bonds. The molecule has 0 saturated carbocycles. The molecule has 1 aromatic rings. The Labute approximate surface area is 106 Å². The van der Waals surface area contributed by atoms with Crippen LogP contribution in [0.1, 0.15) is 12.5 Å². The van der Waals surface area contributed by atoms with Crippen LogP contribution in [0.15, 0.2) is 29.2 Å². The number of hydrogen-bond donors (Lipinski definition) is 2. The largest absolute Gasteiger partial charge is 0.480 e. The number of carboxylic acids is 1. The first kappa shape index (κ1) is 15.9. The van der Waals surface area contributed by atoms with Crippen LogP contribution in [0.5, 0.6) is 0 Å². The molecule has 0 heterocycles. The van der Waals surface area contributed by atoms with E-state index >= 15 is 0 Å². The van der Waals surface area contributed by atoms with Gasteiger partial charge in [-0.05, 0) is 31.5 Å². The molecule has 0 aromatic heterocycles. The fourth-order valence-electron chi connectivity index (χ4n) is 1.13. The van der Waals surface area contributed by atoms with Gasteiger partial charge >= 0.3 is 5.97 Å². The van der Waals surface area contributed by atoms with Crippen molar-refractivity contribution in [3.63, 3.8) is 0 Å². The second kappa shape index (κ2) is 6.00. The Hall–Kier alpha value is -1.11. The van der Waals surface area contributed by atoms with Crippen molar-refractivity contribution in [2.45, 2.75) is 24.8 Å². The summed E-state index contributed by atoms with van der Waals surface area (Å²) in [5.74, 6) is -1.21. The van der Waals surface area contributed by atoms with Crippen molar-refractivity contribution >= 4 is 28.4 Å². The molecule has 0 bridgehead atoms. The maximum atomic E-state index is 11.7. The fraction of sp³-hybridized carbons (Fsp3) is 0.300. The minimum absolute atomic E-state index is 0. The predicted octanol–water partition coefficient (Wildman–Crippen LogP) is 1.17. The molecule has 0 aliphatic carbocycles. The standard InChI is InChI=1S/C10H13NO4S.ClH/c1-7-4-3-5-9(6-7)16(14,15)11-8(2)10(12)13;/h3-6,8,11H,1-2H3,(H,12,13);1H/t8-;/m0./s1. The Morgan fingerprint density at radius 1 is 1.41 bits per heavy atom. The van der Waals surface area contributed by atoms with Gasteiger partial charge in [0.2, 0.25) is 10.0 Å². The van der Waals surface area contributed by atoms with Gasteiger partial charge < -0.3 is 5.11 Å². The van der Waals surface area contributed by atoms with Gasteiger partial charge in [-0.25, -0.2) is 8.42 Å². The minimum Gasteiger partial charge on any atom is -0.480 e. The van der Waals surface area contributed by atoms with Crippen LogP contribution in [0.4, 0.5) is 0 Å². The molecule has 1 aromatic carbocycles. The van der Waals surface area contributed by atoms with E-state index < -0.39 is 22.0 Å². The number of aliphatic carboxylic acids is 1. The zero-order valence-corrected chi connectivity index (χ0v) is 11.0. The van der Waals surface area contributed by atoms with Crippen molar-refractivity contribution in [3.05, 3.63) is 29.8 Å². The summed E-state index contributed by atoms with van der Waals surface area (Å²) < 4.78 is 25.5. The maximum Gasteiger partial charge on any atom is 0.321 e. The molecule has 1 atom stereocenters. The predicted molar refractivity (Wildman–Crippen MR) is 65.8 cm³/mol. The van der Waals surface area contributed by atoms with E-state index in [4.69, 9.17) is 5.11 Å². The minimum atomic E-state index is -3.76. The zero-order valence-electron chi connectivity index (χ0n) is 9.38. The van der Waals surface area contributed by atoms with Crippen molar-refractivity contribution in [2.24, 2.45) is 0 Å². The third-order valence-electron chi connectivity index (χ3n) is 2.00. The van der Waals surface area contributed by atoms with E-state index in [1.165, 1.54) is 19.1 Å². The van der Waals surface area contributed by atoms with Crippen molar-refractivity contribution in [1.29, 1.82) is 0 Å². The average molecular weight is 280 g/mol. The van der Waals surface area contributed by atoms with Crippen LogP contribution in [-0.2, 0) is 14.8 Å². The van der Waals surface area contributed by atoms with Gasteiger partial charge in [-0.1, -0.05) is 12.1 Å². The highest BCUT2D eigenvalue weighted by Crippen LogP contribution is 2.11. The Kier molecular flexibility index (Phi) is 5.60. The molecule has 2 N–H and O–H groups in total. The molecule has 0 aliphatic rings. The number of aryl methyl sites for hydroxylation is 1. The summed E-state index contributed by atoms with van der Waals surface area (Å²) in [6, 6.07) is 5.13. The van der Waals surface area contributed by atoms with Crippen molar-refractivity contribution in [1.82, 2.24) is 4.72 Å². The Bertz CT molecular complexity index is 501. The SMILES string of the molecule is Cc1cccc(S(=O)(=O)N[C@@H](C)C(=O)O)c1.Cl. The molecule has 0 aliphatic heterocycles. The Morgan fingerprint density at radius 3 is 2.47 bits per heavy atom. The third kappa shape index (κ3) is 4.33. The lowest BCUT2D eigenvalue weighted by Gasteiger charge is -2.10. The molecule has 0 spiro atoms. The van der Waals surface area contributed by atoms with Crippen LogP contribution in [-0.4, -0.2) is 25.5 Å². The van der Waals surface area contributed by atoms with Gasteiger partial charge in [0.1, 0.15) is 6.04 Å². The molecule has 7 heteroatoms. The number of nitrogens with one attached hydrogen (secondary N) is 1. The molecule has 96 valence electrons. The number of sulfonamides is 1. The van der Waals surface area contributed by atoms with E-state index in [-0.39, 0.29) is 17.3 Å². The van der Waals surface area contributed by atoms with E-state index in [9.17, 15) is 13.2 Å². The summed E-state index contributed by atoms with van der Waals surface area (Å²) in [7, 11) is -3.76. The van der Waals surface area contributed by atoms with E-state index in [1.807, 2.05) is 0 Å². The molecule has 0 radical (unpaired) electrons. The van der Waals surface area contributed by atoms with Gasteiger partial charge in [0.15, 0.2) is 0 Å². The lowest BCUT2D eigenvalue weighted by molar-refractivity contribution is -0.138. The topological polar surface area (TPSA) is 83.5 Å². The van der Waals surface area contributed by atoms with Gasteiger partial charge in [-0.15, -0.1) is 12.4 Å². The average Bonchev–Trinajstić information content (AvgIpc) is 2.17. The van der Waals surface area contributed by atoms with Crippen molar-refractivity contribution < 1.29 is 18.3 Å². The van der Waals surface area contributed by atoms with Crippen LogP contribution >= 0.6 is 12.4 Å². The van der Waals surface area contributed by atoms with Crippen LogP contribution in [0, 0.1) is 6.92 Å². The number of hydrogen-bond acceptors (Lipinski definition) is 3. The second-order valence-electron chi connectivity index (χ2n) is 3.50. The van der Waals surface area contributed by atoms with E-state index in [2.05, 4.69) is 4.72 Å². The monoisotopic (exact) mass is 279 g/mol. The maximum absolute atomic E-state index is 11.7. The molecule has 0 saturated heterocycles. The van der Waals surface area contributed by atoms with Crippen molar-refractivity contribution in [2.75, 3.05) is 0 Å². The van der Waals surface area contributed by atoms with Gasteiger partial charge in [-0.2, -0.15) is 4.72 Å². The van der Waals surface area contributed by atoms with E-state index in [0.717, 1.165) is 5.56 Å². The molecule has 5 nitrogen and oxygen atoms in total. The van der Waals surface area contributed by atoms with Gasteiger partial charge in [0, 0.05) is 0 Å². The Morgan fingerprint density at radius 2 is 2.00 bits per heavy atom. The van der Waals surface area contributed by atoms with Crippen LogP contribution < -0.4 is 4.72 Å². The van der Waals surface area contributed by atoms with E-state index in [1.54, 1.807) is 19.1 Å². The van der Waals surface area contributed by atoms with Crippen molar-refractivity contribution in [3.8, 4) is 0 Å². The van der Waals surface area contributed by atoms with Gasteiger partial charge in [-0.3, -0.25) is 4.79 Å². The molecular weight excluding hydrogens is 266 g/mol. The van der Waals surface area contributed by atoms with Crippen LogP contribution in [0.2, 0.25) is 0 Å². The highest BCUT2D eigenvalue weighted by Gasteiger charge is 2.21. The Balaban J connectivity index is 0.00000256. The first-order valence-corrected chi connectivity index (χ1v) is 6.13. The number of benzene rings is 1. The smallest absolute Gasteiger partial charge is 0.321 e. The summed E-state index contributed by atoms with van der Waals surface area (Å²) in [6.07, 6.45) is 0. The second-order valence-corrected chi connectivity index (χ2v) is 5.21. The molecule has 1 rings (SSSR count). The highest BCUT2D eigenvalue weighted by molar-refractivity contribution is 7.89. The van der Waals surface area contributed by atoms with Gasteiger partial charge in [0.25, 0.3) is 0 Å². The number of carboxylic acid groups (broad SMARTS) is 1. The fourth-order valence-corrected chi connectivity index (χ4v) is 2.43. The summed E-state index contributed by atoms with van der Waals surface area (Å²) >= 11 is 0. The summed E-state index contributed by atoms with van der Waals surface area (Å²) in [6.45, 7) is 3.04. The first-order chi connectivity index (χ1) is 7.33. The molecule has 0 unspecified atom stereocenters. The quantitative estimate of drug-likeness (QED) is 0.866. The van der Waals surface area contributed by atoms with Crippen LogP contribution in [0.25, 0.3) is 0 Å². The van der Waals surface area contributed by atoms with Gasteiger partial charge in [0.05, 0.1) is 4.90 Å². The summed E-state index contributed by atoms with van der Waals surface area (Å²) in [5, 5.41) is 8.62. The zero-order chi connectivity index (χ0) is 12.3. The number of carbonyl (C=O) groups is 1.